The van der Waals surface area contributed by atoms with Gasteiger partial charge >= 0.3 is 11.8 Å². The van der Waals surface area contributed by atoms with Gasteiger partial charge < -0.3 is 15.2 Å². The van der Waals surface area contributed by atoms with E-state index >= 15 is 0 Å². The highest BCUT2D eigenvalue weighted by Crippen LogP contribution is 2.17. The maximum Gasteiger partial charge on any atom is 0.381 e. The zero-order chi connectivity index (χ0) is 13.3. The average Bonchev–Trinajstić information content (AvgIpc) is 2.77. The molecule has 2 aromatic rings. The summed E-state index contributed by atoms with van der Waals surface area (Å²) in [5, 5.41) is 19.4. The first kappa shape index (κ1) is 11.8. The number of carboxylic acids is 1. The van der Waals surface area contributed by atoms with E-state index in [9.17, 15) is 14.9 Å². The van der Waals surface area contributed by atoms with Crippen LogP contribution in [0.25, 0.3) is 5.69 Å². The first-order valence-corrected chi connectivity index (χ1v) is 5.02. The molecule has 0 spiro atoms. The third-order valence-corrected chi connectivity index (χ3v) is 2.49. The molecule has 0 radical (unpaired) electrons. The lowest BCUT2D eigenvalue weighted by Gasteiger charge is -2.04. The predicted molar refractivity (Wildman–Crippen MR) is 61.9 cm³/mol. The molecule has 1 aromatic carbocycles. The van der Waals surface area contributed by atoms with Gasteiger partial charge in [0.05, 0.1) is 5.56 Å². The van der Waals surface area contributed by atoms with Crippen molar-refractivity contribution in [2.45, 2.75) is 6.92 Å². The Bertz CT molecular complexity index is 633. The van der Waals surface area contributed by atoms with Crippen LogP contribution in [0.4, 0.5) is 5.82 Å². The highest BCUT2D eigenvalue weighted by molar-refractivity contribution is 5.89. The molecule has 1 aromatic heterocycles. The first-order valence-electron chi connectivity index (χ1n) is 5.02. The third-order valence-electron chi connectivity index (χ3n) is 2.49. The molecule has 1 heterocycles. The van der Waals surface area contributed by atoms with E-state index in [-0.39, 0.29) is 11.4 Å². The van der Waals surface area contributed by atoms with Crippen molar-refractivity contribution < 1.29 is 14.8 Å². The molecule has 7 nitrogen and oxygen atoms in total. The molecule has 18 heavy (non-hydrogen) atoms. The van der Waals surface area contributed by atoms with E-state index in [1.54, 1.807) is 19.1 Å². The monoisotopic (exact) mass is 247 g/mol. The molecule has 0 aliphatic rings. The molecular formula is C11H9N3O4. The van der Waals surface area contributed by atoms with Crippen molar-refractivity contribution in [2.75, 3.05) is 0 Å². The van der Waals surface area contributed by atoms with Crippen LogP contribution in [0.3, 0.4) is 0 Å². The van der Waals surface area contributed by atoms with Gasteiger partial charge in [0, 0.05) is 5.69 Å². The molecule has 1 N–H and O–H groups in total. The van der Waals surface area contributed by atoms with Crippen LogP contribution >= 0.6 is 0 Å². The van der Waals surface area contributed by atoms with Crippen LogP contribution in [0.5, 0.6) is 0 Å². The van der Waals surface area contributed by atoms with Gasteiger partial charge in [0.15, 0.2) is 0 Å². The van der Waals surface area contributed by atoms with E-state index in [0.717, 1.165) is 0 Å². The summed E-state index contributed by atoms with van der Waals surface area (Å²) in [7, 11) is 0. The lowest BCUT2D eigenvalue weighted by Crippen LogP contribution is -2.01. The van der Waals surface area contributed by atoms with Gasteiger partial charge in [0.25, 0.3) is 0 Å². The Morgan fingerprint density at radius 2 is 2.22 bits per heavy atom. The van der Waals surface area contributed by atoms with Crippen molar-refractivity contribution in [3.8, 4) is 5.69 Å². The van der Waals surface area contributed by atoms with Gasteiger partial charge in [-0.15, -0.1) is 0 Å². The van der Waals surface area contributed by atoms with E-state index in [2.05, 4.69) is 4.98 Å². The number of carboxylic acid groups (broad SMARTS) is 1. The van der Waals surface area contributed by atoms with Gasteiger partial charge in [-0.05, 0) is 40.6 Å². The Labute approximate surface area is 101 Å². The number of rotatable bonds is 3. The molecule has 92 valence electrons. The molecular weight excluding hydrogens is 238 g/mol. The van der Waals surface area contributed by atoms with Crippen LogP contribution in [0.15, 0.2) is 30.7 Å². The lowest BCUT2D eigenvalue weighted by molar-refractivity contribution is -0.389. The van der Waals surface area contributed by atoms with Gasteiger partial charge in [-0.1, -0.05) is 0 Å². The van der Waals surface area contributed by atoms with E-state index in [1.165, 1.54) is 23.2 Å². The molecule has 0 unspecified atom stereocenters. The summed E-state index contributed by atoms with van der Waals surface area (Å²) in [4.78, 5) is 24.4. The zero-order valence-corrected chi connectivity index (χ0v) is 9.40. The highest BCUT2D eigenvalue weighted by Gasteiger charge is 2.12. The van der Waals surface area contributed by atoms with Crippen LogP contribution in [0.1, 0.15) is 15.9 Å². The van der Waals surface area contributed by atoms with Crippen molar-refractivity contribution in [2.24, 2.45) is 0 Å². The van der Waals surface area contributed by atoms with E-state index in [4.69, 9.17) is 5.11 Å². The molecule has 0 bridgehead atoms. The molecule has 0 fully saturated rings. The highest BCUT2D eigenvalue weighted by atomic mass is 16.6. The third kappa shape index (κ3) is 2.05. The number of carbonyl (C=O) groups is 1. The smallest absolute Gasteiger partial charge is 0.381 e. The van der Waals surface area contributed by atoms with Gasteiger partial charge in [-0.3, -0.25) is 4.57 Å². The molecule has 7 heteroatoms. The fourth-order valence-electron chi connectivity index (χ4n) is 1.60. The standard InChI is InChI=1S/C11H9N3O4/c1-7-4-8(2-3-9(7)11(15)16)13-5-10(12-6-13)14(17)18/h2-6H,1H3,(H,15,16). The van der Waals surface area contributed by atoms with Crippen molar-refractivity contribution >= 4 is 11.8 Å². The quantitative estimate of drug-likeness (QED) is 0.658. The minimum atomic E-state index is -1.00. The Morgan fingerprint density at radius 3 is 2.72 bits per heavy atom. The van der Waals surface area contributed by atoms with Crippen molar-refractivity contribution in [1.29, 1.82) is 0 Å². The van der Waals surface area contributed by atoms with Crippen LogP contribution in [-0.2, 0) is 0 Å². The number of nitro groups is 1. The fraction of sp³-hybridized carbons (Fsp3) is 0.0909. The topological polar surface area (TPSA) is 98.3 Å². The summed E-state index contributed by atoms with van der Waals surface area (Å²) in [5.74, 6) is -1.26. The zero-order valence-electron chi connectivity index (χ0n) is 9.40. The number of hydrogen-bond donors (Lipinski definition) is 1. The second-order valence-electron chi connectivity index (χ2n) is 3.70. The minimum absolute atomic E-state index is 0.202. The number of aromatic nitrogens is 2. The number of benzene rings is 1. The largest absolute Gasteiger partial charge is 0.478 e. The van der Waals surface area contributed by atoms with E-state index in [0.29, 0.717) is 11.3 Å². The maximum atomic E-state index is 10.9. The van der Waals surface area contributed by atoms with Crippen molar-refractivity contribution in [1.82, 2.24) is 9.55 Å². The number of hydrogen-bond acceptors (Lipinski definition) is 4. The Kier molecular flexibility index (Phi) is 2.80. The van der Waals surface area contributed by atoms with Crippen LogP contribution < -0.4 is 0 Å². The second-order valence-corrected chi connectivity index (χ2v) is 3.70. The van der Waals surface area contributed by atoms with Gasteiger partial charge in [-0.2, -0.15) is 0 Å². The lowest BCUT2D eigenvalue weighted by atomic mass is 10.1. The molecule has 2 rings (SSSR count). The molecule has 0 atom stereocenters. The minimum Gasteiger partial charge on any atom is -0.478 e. The SMILES string of the molecule is Cc1cc(-n2cnc([N+](=O)[O-])c2)ccc1C(=O)O. The van der Waals surface area contributed by atoms with Gasteiger partial charge in [-0.25, -0.2) is 4.79 Å². The molecule has 0 aliphatic heterocycles. The Morgan fingerprint density at radius 1 is 1.50 bits per heavy atom. The molecule has 0 amide bonds. The summed E-state index contributed by atoms with van der Waals surface area (Å²) in [5.41, 5.74) is 1.41. The number of imidazole rings is 1. The van der Waals surface area contributed by atoms with Crippen LogP contribution in [0.2, 0.25) is 0 Å². The summed E-state index contributed by atoms with van der Waals surface area (Å²) < 4.78 is 1.47. The Hall–Kier alpha value is -2.70. The Balaban J connectivity index is 2.42. The average molecular weight is 247 g/mol. The van der Waals surface area contributed by atoms with E-state index < -0.39 is 10.9 Å². The summed E-state index contributed by atoms with van der Waals surface area (Å²) in [6, 6.07) is 4.66. The summed E-state index contributed by atoms with van der Waals surface area (Å²) in [6.45, 7) is 1.66. The molecule has 0 saturated carbocycles. The van der Waals surface area contributed by atoms with Gasteiger partial charge in [0.1, 0.15) is 6.20 Å². The summed E-state index contributed by atoms with van der Waals surface area (Å²) in [6.07, 6.45) is 2.59. The maximum absolute atomic E-state index is 10.9. The van der Waals surface area contributed by atoms with Crippen molar-refractivity contribution in [3.05, 3.63) is 52.0 Å². The number of aromatic carboxylic acids is 1. The normalized spacial score (nSPS) is 10.3. The molecule has 0 aliphatic carbocycles. The van der Waals surface area contributed by atoms with E-state index in [1.807, 2.05) is 0 Å². The van der Waals surface area contributed by atoms with Crippen LogP contribution in [0, 0.1) is 17.0 Å². The number of nitrogens with zero attached hydrogens (tertiary/aromatic N) is 3. The number of aryl methyl sites for hydroxylation is 1. The van der Waals surface area contributed by atoms with Gasteiger partial charge in [0.2, 0.25) is 6.33 Å². The fourth-order valence-corrected chi connectivity index (χ4v) is 1.60. The second kappa shape index (κ2) is 4.28. The van der Waals surface area contributed by atoms with Crippen LogP contribution in [-0.4, -0.2) is 25.6 Å². The molecule has 0 saturated heterocycles. The van der Waals surface area contributed by atoms with Crippen molar-refractivity contribution in [3.63, 3.8) is 0 Å². The summed E-state index contributed by atoms with van der Waals surface area (Å²) >= 11 is 0. The predicted octanol–water partition coefficient (Wildman–Crippen LogP) is 1.79. The first-order chi connectivity index (χ1) is 8.49.